The summed E-state index contributed by atoms with van der Waals surface area (Å²) >= 11 is 1.53. The number of methoxy groups -OCH3 is 4. The van der Waals surface area contributed by atoms with Crippen molar-refractivity contribution in [3.05, 3.63) is 22.6 Å². The molecular weight excluding hydrogens is 346 g/mol. The molecule has 0 spiro atoms. The summed E-state index contributed by atoms with van der Waals surface area (Å²) in [5.41, 5.74) is 1.82. The molecule has 0 atom stereocenters. The average Bonchev–Trinajstić information content (AvgIpc) is 3.06. The standard InChI is InChI=1S/C17H23NO6S/c1-20-13-5-11(6-18-7-14(21-2)22-3)16(23-4)15-12(8-24-10-19)9-25-17(13)15/h5,9-10,14,18H,6-8H2,1-4H3. The van der Waals surface area contributed by atoms with Crippen LogP contribution in [0.5, 0.6) is 11.5 Å². The van der Waals surface area contributed by atoms with Gasteiger partial charge in [0.15, 0.2) is 6.29 Å². The Balaban J connectivity index is 2.36. The Morgan fingerprint density at radius 3 is 2.52 bits per heavy atom. The molecule has 2 rings (SSSR count). The van der Waals surface area contributed by atoms with Crippen molar-refractivity contribution in [3.8, 4) is 11.5 Å². The van der Waals surface area contributed by atoms with Gasteiger partial charge in [-0.3, -0.25) is 4.79 Å². The van der Waals surface area contributed by atoms with E-state index in [1.54, 1.807) is 28.4 Å². The summed E-state index contributed by atoms with van der Waals surface area (Å²) in [7, 11) is 6.44. The maximum Gasteiger partial charge on any atom is 0.293 e. The van der Waals surface area contributed by atoms with Crippen LogP contribution in [0, 0.1) is 0 Å². The summed E-state index contributed by atoms with van der Waals surface area (Å²) in [6, 6.07) is 1.95. The van der Waals surface area contributed by atoms with Crippen LogP contribution in [0.4, 0.5) is 0 Å². The summed E-state index contributed by atoms with van der Waals surface area (Å²) in [4.78, 5) is 10.5. The number of benzene rings is 1. The number of nitrogens with one attached hydrogen (secondary N) is 1. The van der Waals surface area contributed by atoms with Crippen molar-refractivity contribution in [1.29, 1.82) is 0 Å². The van der Waals surface area contributed by atoms with Crippen LogP contribution in [0.3, 0.4) is 0 Å². The number of hydrogen-bond donors (Lipinski definition) is 1. The van der Waals surface area contributed by atoms with E-state index in [0.717, 1.165) is 32.7 Å². The van der Waals surface area contributed by atoms with Gasteiger partial charge >= 0.3 is 0 Å². The lowest BCUT2D eigenvalue weighted by molar-refractivity contribution is -0.129. The maximum absolute atomic E-state index is 10.5. The van der Waals surface area contributed by atoms with Crippen molar-refractivity contribution in [2.24, 2.45) is 0 Å². The number of hydrogen-bond acceptors (Lipinski definition) is 8. The molecule has 0 aliphatic rings. The molecule has 0 saturated carbocycles. The number of fused-ring (bicyclic) bond motifs is 1. The smallest absolute Gasteiger partial charge is 0.293 e. The fourth-order valence-corrected chi connectivity index (χ4v) is 3.65. The average molecular weight is 369 g/mol. The van der Waals surface area contributed by atoms with E-state index < -0.39 is 0 Å². The van der Waals surface area contributed by atoms with Gasteiger partial charge in [-0.15, -0.1) is 11.3 Å². The van der Waals surface area contributed by atoms with Crippen LogP contribution in [-0.4, -0.2) is 47.7 Å². The van der Waals surface area contributed by atoms with Crippen LogP contribution in [-0.2, 0) is 32.2 Å². The third-order valence-electron chi connectivity index (χ3n) is 3.80. The number of carbonyl (C=O) groups is 1. The normalized spacial score (nSPS) is 11.1. The van der Waals surface area contributed by atoms with Crippen LogP contribution in [0.2, 0.25) is 0 Å². The number of carbonyl (C=O) groups excluding carboxylic acids is 1. The minimum Gasteiger partial charge on any atom is -0.496 e. The summed E-state index contributed by atoms with van der Waals surface area (Å²) < 4.78 is 27.4. The topological polar surface area (TPSA) is 75.2 Å². The predicted octanol–water partition coefficient (Wildman–Crippen LogP) is 2.30. The first-order valence-electron chi connectivity index (χ1n) is 7.65. The second-order valence-electron chi connectivity index (χ2n) is 5.18. The van der Waals surface area contributed by atoms with E-state index in [4.69, 9.17) is 23.7 Å². The lowest BCUT2D eigenvalue weighted by Gasteiger charge is -2.17. The van der Waals surface area contributed by atoms with Crippen molar-refractivity contribution in [2.45, 2.75) is 19.4 Å². The fourth-order valence-electron chi connectivity index (χ4n) is 2.61. The first-order chi connectivity index (χ1) is 12.2. The molecule has 7 nitrogen and oxygen atoms in total. The van der Waals surface area contributed by atoms with Crippen LogP contribution in [0.25, 0.3) is 10.1 Å². The monoisotopic (exact) mass is 369 g/mol. The Morgan fingerprint density at radius 2 is 1.92 bits per heavy atom. The summed E-state index contributed by atoms with van der Waals surface area (Å²) in [6.07, 6.45) is -0.325. The van der Waals surface area contributed by atoms with Crippen molar-refractivity contribution < 1.29 is 28.5 Å². The minimum atomic E-state index is -0.325. The Morgan fingerprint density at radius 1 is 1.16 bits per heavy atom. The number of rotatable bonds is 11. The third kappa shape index (κ3) is 4.40. The molecule has 2 aromatic rings. The maximum atomic E-state index is 10.5. The van der Waals surface area contributed by atoms with E-state index in [1.807, 2.05) is 11.4 Å². The largest absolute Gasteiger partial charge is 0.496 e. The van der Waals surface area contributed by atoms with Gasteiger partial charge in [0, 0.05) is 43.8 Å². The van der Waals surface area contributed by atoms with E-state index in [-0.39, 0.29) is 12.9 Å². The molecule has 0 bridgehead atoms. The van der Waals surface area contributed by atoms with Gasteiger partial charge in [0.05, 0.1) is 18.9 Å². The van der Waals surface area contributed by atoms with E-state index in [0.29, 0.717) is 19.6 Å². The molecule has 0 aliphatic carbocycles. The van der Waals surface area contributed by atoms with E-state index in [9.17, 15) is 4.79 Å². The summed E-state index contributed by atoms with van der Waals surface area (Å²) in [6.45, 7) is 1.70. The fraction of sp³-hybridized carbons (Fsp3) is 0.471. The van der Waals surface area contributed by atoms with Crippen LogP contribution >= 0.6 is 11.3 Å². The van der Waals surface area contributed by atoms with Gasteiger partial charge in [-0.05, 0) is 11.4 Å². The Kier molecular flexibility index (Phi) is 7.45. The van der Waals surface area contributed by atoms with Gasteiger partial charge in [-0.25, -0.2) is 0 Å². The molecule has 25 heavy (non-hydrogen) atoms. The highest BCUT2D eigenvalue weighted by Gasteiger charge is 2.19. The number of thiophene rings is 1. The van der Waals surface area contributed by atoms with E-state index >= 15 is 0 Å². The zero-order chi connectivity index (χ0) is 18.2. The quantitative estimate of drug-likeness (QED) is 0.481. The highest BCUT2D eigenvalue weighted by Crippen LogP contribution is 2.42. The molecule has 0 aliphatic heterocycles. The van der Waals surface area contributed by atoms with Crippen LogP contribution in [0.1, 0.15) is 11.1 Å². The SMILES string of the molecule is COc1cc(CNCC(OC)OC)c(OC)c2c(COC=O)csc12. The number of ether oxygens (including phenoxy) is 5. The second kappa shape index (κ2) is 9.57. The van der Waals surface area contributed by atoms with Gasteiger partial charge in [0.25, 0.3) is 6.47 Å². The molecule has 0 saturated heterocycles. The summed E-state index contributed by atoms with van der Waals surface area (Å²) in [5, 5.41) is 6.13. The highest BCUT2D eigenvalue weighted by molar-refractivity contribution is 7.17. The van der Waals surface area contributed by atoms with Crippen molar-refractivity contribution in [1.82, 2.24) is 5.32 Å². The molecular formula is C17H23NO6S. The Bertz CT molecular complexity index is 698. The summed E-state index contributed by atoms with van der Waals surface area (Å²) in [5.74, 6) is 1.49. The first-order valence-corrected chi connectivity index (χ1v) is 8.53. The lowest BCUT2D eigenvalue weighted by Crippen LogP contribution is -2.29. The van der Waals surface area contributed by atoms with E-state index in [1.165, 1.54) is 11.3 Å². The highest BCUT2D eigenvalue weighted by atomic mass is 32.1. The molecule has 1 aromatic carbocycles. The Labute approximate surface area is 150 Å². The van der Waals surface area contributed by atoms with Crippen LogP contribution < -0.4 is 14.8 Å². The van der Waals surface area contributed by atoms with Gasteiger partial charge < -0.3 is 29.0 Å². The van der Waals surface area contributed by atoms with Gasteiger partial charge in [0.2, 0.25) is 0 Å². The minimum absolute atomic E-state index is 0.190. The molecule has 8 heteroatoms. The molecule has 1 aromatic heterocycles. The zero-order valence-electron chi connectivity index (χ0n) is 14.8. The molecule has 138 valence electrons. The molecule has 0 fully saturated rings. The molecule has 1 heterocycles. The van der Waals surface area contributed by atoms with Gasteiger partial charge in [-0.2, -0.15) is 0 Å². The second-order valence-corrected chi connectivity index (χ2v) is 6.06. The van der Waals surface area contributed by atoms with Gasteiger partial charge in [-0.1, -0.05) is 0 Å². The molecule has 0 amide bonds. The van der Waals surface area contributed by atoms with Gasteiger partial charge in [0.1, 0.15) is 18.1 Å². The van der Waals surface area contributed by atoms with E-state index in [2.05, 4.69) is 5.32 Å². The first kappa shape index (κ1) is 19.5. The molecule has 0 radical (unpaired) electrons. The lowest BCUT2D eigenvalue weighted by atomic mass is 10.1. The molecule has 1 N–H and O–H groups in total. The predicted molar refractivity (Wildman–Crippen MR) is 95.3 cm³/mol. The Hall–Kier alpha value is -1.87. The zero-order valence-corrected chi connectivity index (χ0v) is 15.6. The van der Waals surface area contributed by atoms with Crippen molar-refractivity contribution >= 4 is 27.9 Å². The van der Waals surface area contributed by atoms with Crippen LogP contribution in [0.15, 0.2) is 11.4 Å². The van der Waals surface area contributed by atoms with Crippen molar-refractivity contribution in [3.63, 3.8) is 0 Å². The third-order valence-corrected chi connectivity index (χ3v) is 4.84. The van der Waals surface area contributed by atoms with Crippen molar-refractivity contribution in [2.75, 3.05) is 35.0 Å². The molecule has 0 unspecified atom stereocenters.